The molecule has 1 aliphatic rings. The third kappa shape index (κ3) is 4.22. The van der Waals surface area contributed by atoms with Gasteiger partial charge in [0.25, 0.3) is 0 Å². The summed E-state index contributed by atoms with van der Waals surface area (Å²) in [5.74, 6) is -0.259. The number of hydrogen-bond donors (Lipinski definition) is 1. The Labute approximate surface area is 160 Å². The first-order valence-electron chi connectivity index (χ1n) is 9.16. The van der Waals surface area contributed by atoms with Crippen molar-refractivity contribution in [3.05, 3.63) is 83.3 Å². The van der Waals surface area contributed by atoms with E-state index >= 15 is 0 Å². The quantitative estimate of drug-likeness (QED) is 0.568. The summed E-state index contributed by atoms with van der Waals surface area (Å²) in [5.41, 5.74) is 5.19. The van der Waals surface area contributed by atoms with E-state index in [0.717, 1.165) is 22.4 Å². The van der Waals surface area contributed by atoms with Gasteiger partial charge in [-0.05, 0) is 62.2 Å². The molecule has 27 heavy (non-hydrogen) atoms. The van der Waals surface area contributed by atoms with Crippen molar-refractivity contribution in [2.45, 2.75) is 26.8 Å². The van der Waals surface area contributed by atoms with Gasteiger partial charge in [0.1, 0.15) is 5.82 Å². The molecule has 1 atom stereocenters. The normalized spacial score (nSPS) is 17.6. The maximum Gasteiger partial charge on any atom is 0.132 e. The molecule has 0 amide bonds. The summed E-state index contributed by atoms with van der Waals surface area (Å²) in [7, 11) is 0. The van der Waals surface area contributed by atoms with Crippen LogP contribution in [0.2, 0.25) is 0 Å². The van der Waals surface area contributed by atoms with Crippen molar-refractivity contribution in [1.82, 2.24) is 0 Å². The summed E-state index contributed by atoms with van der Waals surface area (Å²) >= 11 is 0. The van der Waals surface area contributed by atoms with E-state index in [1.165, 1.54) is 6.07 Å². The fraction of sp³-hybridized carbons (Fsp3) is 0.217. The minimum absolute atomic E-state index is 0.0513. The van der Waals surface area contributed by atoms with Crippen LogP contribution in [0, 0.1) is 5.82 Å². The Balaban J connectivity index is 2.13. The van der Waals surface area contributed by atoms with Crippen molar-refractivity contribution in [2.24, 2.45) is 9.98 Å². The van der Waals surface area contributed by atoms with Crippen molar-refractivity contribution in [3.63, 3.8) is 0 Å². The lowest BCUT2D eigenvalue weighted by Crippen LogP contribution is -2.12. The Morgan fingerprint density at radius 3 is 2.74 bits per heavy atom. The maximum atomic E-state index is 14.5. The number of benzene rings is 2. The minimum atomic E-state index is -0.259. The molecule has 3 rings (SSSR count). The van der Waals surface area contributed by atoms with Crippen LogP contribution < -0.4 is 5.32 Å². The molecule has 0 bridgehead atoms. The van der Waals surface area contributed by atoms with E-state index in [2.05, 4.69) is 22.4 Å². The number of benzodiazepines with no additional fused rings is 1. The topological polar surface area (TPSA) is 36.8 Å². The van der Waals surface area contributed by atoms with Crippen molar-refractivity contribution < 1.29 is 4.39 Å². The number of aliphatic imine (C=N–C) groups is 2. The molecule has 0 aliphatic carbocycles. The SMILES string of the molecule is CC=N/C=C\C(=C/C)c1ccc2c(c1)C(c1ccccc1F)=N[C@@H](C)CN2. The standard InChI is InChI=1S/C23H24FN3/c1-4-17(12-13-25-5-2)18-10-11-22-20(14-18)23(27-16(3)15-26-22)19-8-6-7-9-21(19)24/h4-14,16,26H,15H2,1-3H3/b13-12-,17-4+,25-5?/t16-/m0/s1. The lowest BCUT2D eigenvalue weighted by molar-refractivity contribution is 0.625. The zero-order valence-corrected chi connectivity index (χ0v) is 15.9. The summed E-state index contributed by atoms with van der Waals surface area (Å²) in [5, 5.41) is 3.43. The molecule has 0 saturated carbocycles. The Kier molecular flexibility index (Phi) is 5.97. The van der Waals surface area contributed by atoms with Crippen LogP contribution in [0.1, 0.15) is 37.5 Å². The smallest absolute Gasteiger partial charge is 0.132 e. The molecule has 1 N–H and O–H groups in total. The summed E-state index contributed by atoms with van der Waals surface area (Å²) < 4.78 is 14.5. The minimum Gasteiger partial charge on any atom is -0.382 e. The van der Waals surface area contributed by atoms with Crippen LogP contribution in [0.5, 0.6) is 0 Å². The molecule has 2 aromatic carbocycles. The molecule has 1 aliphatic heterocycles. The van der Waals surface area contributed by atoms with Gasteiger partial charge >= 0.3 is 0 Å². The molecule has 0 saturated heterocycles. The van der Waals surface area contributed by atoms with Crippen molar-refractivity contribution in [3.8, 4) is 0 Å². The first kappa shape index (κ1) is 18.8. The zero-order valence-electron chi connectivity index (χ0n) is 15.9. The molecule has 0 fully saturated rings. The van der Waals surface area contributed by atoms with Gasteiger partial charge in [-0.2, -0.15) is 0 Å². The fourth-order valence-electron chi connectivity index (χ4n) is 3.10. The number of fused-ring (bicyclic) bond motifs is 1. The number of nitrogens with zero attached hydrogens (tertiary/aromatic N) is 2. The molecular formula is C23H24FN3. The number of nitrogens with one attached hydrogen (secondary N) is 1. The predicted molar refractivity (Wildman–Crippen MR) is 113 cm³/mol. The second-order valence-corrected chi connectivity index (χ2v) is 6.41. The van der Waals surface area contributed by atoms with E-state index in [4.69, 9.17) is 4.99 Å². The number of halogens is 1. The molecule has 1 heterocycles. The van der Waals surface area contributed by atoms with Gasteiger partial charge in [0.05, 0.1) is 11.8 Å². The third-order valence-electron chi connectivity index (χ3n) is 4.47. The van der Waals surface area contributed by atoms with Gasteiger partial charge in [-0.1, -0.05) is 24.3 Å². The van der Waals surface area contributed by atoms with E-state index in [1.54, 1.807) is 24.5 Å². The Bertz CT molecular complexity index is 938. The number of rotatable bonds is 4. The van der Waals surface area contributed by atoms with Gasteiger partial charge in [0.15, 0.2) is 0 Å². The lowest BCUT2D eigenvalue weighted by Gasteiger charge is -2.13. The van der Waals surface area contributed by atoms with Crippen molar-refractivity contribution in [1.29, 1.82) is 0 Å². The van der Waals surface area contributed by atoms with Gasteiger partial charge in [-0.3, -0.25) is 9.98 Å². The molecule has 0 aromatic heterocycles. The van der Waals surface area contributed by atoms with Crippen LogP contribution in [0.4, 0.5) is 10.1 Å². The highest BCUT2D eigenvalue weighted by molar-refractivity contribution is 6.16. The highest BCUT2D eigenvalue weighted by Crippen LogP contribution is 2.29. The third-order valence-corrected chi connectivity index (χ3v) is 4.47. The predicted octanol–water partition coefficient (Wildman–Crippen LogP) is 5.48. The second kappa shape index (κ2) is 8.58. The summed E-state index contributed by atoms with van der Waals surface area (Å²) in [6, 6.07) is 13.0. The van der Waals surface area contributed by atoms with E-state index in [1.807, 2.05) is 45.1 Å². The highest BCUT2D eigenvalue weighted by atomic mass is 19.1. The monoisotopic (exact) mass is 361 g/mol. The summed E-state index contributed by atoms with van der Waals surface area (Å²) in [6.07, 6.45) is 7.52. The fourth-order valence-corrected chi connectivity index (χ4v) is 3.10. The number of hydrogen-bond acceptors (Lipinski definition) is 3. The Hall–Kier alpha value is -3.01. The van der Waals surface area contributed by atoms with Crippen LogP contribution in [0.25, 0.3) is 5.57 Å². The maximum absolute atomic E-state index is 14.5. The van der Waals surface area contributed by atoms with Crippen LogP contribution in [-0.4, -0.2) is 24.5 Å². The van der Waals surface area contributed by atoms with E-state index < -0.39 is 0 Å². The van der Waals surface area contributed by atoms with Gasteiger partial charge in [0.2, 0.25) is 0 Å². The summed E-state index contributed by atoms with van der Waals surface area (Å²) in [6.45, 7) is 6.62. The zero-order chi connectivity index (χ0) is 19.2. The number of anilines is 1. The lowest BCUT2D eigenvalue weighted by atomic mass is 9.95. The van der Waals surface area contributed by atoms with Gasteiger partial charge in [0, 0.05) is 35.8 Å². The number of allylic oxidation sites excluding steroid dienone is 3. The summed E-state index contributed by atoms with van der Waals surface area (Å²) in [4.78, 5) is 8.94. The highest BCUT2D eigenvalue weighted by Gasteiger charge is 2.20. The molecule has 4 heteroatoms. The Morgan fingerprint density at radius 1 is 1.19 bits per heavy atom. The van der Waals surface area contributed by atoms with Gasteiger partial charge in [-0.25, -0.2) is 4.39 Å². The van der Waals surface area contributed by atoms with Crippen LogP contribution >= 0.6 is 0 Å². The van der Waals surface area contributed by atoms with Crippen molar-refractivity contribution >= 4 is 23.2 Å². The average Bonchev–Trinajstić information content (AvgIpc) is 2.84. The van der Waals surface area contributed by atoms with E-state index in [0.29, 0.717) is 17.8 Å². The molecule has 3 nitrogen and oxygen atoms in total. The molecule has 0 unspecified atom stereocenters. The molecular weight excluding hydrogens is 337 g/mol. The molecule has 138 valence electrons. The first-order valence-corrected chi connectivity index (χ1v) is 9.16. The molecule has 0 radical (unpaired) electrons. The van der Waals surface area contributed by atoms with Gasteiger partial charge in [-0.15, -0.1) is 0 Å². The first-order chi connectivity index (χ1) is 13.1. The van der Waals surface area contributed by atoms with Gasteiger partial charge < -0.3 is 5.32 Å². The van der Waals surface area contributed by atoms with Crippen LogP contribution in [0.3, 0.4) is 0 Å². The van der Waals surface area contributed by atoms with Crippen LogP contribution in [0.15, 0.2) is 70.8 Å². The van der Waals surface area contributed by atoms with Crippen LogP contribution in [-0.2, 0) is 0 Å². The Morgan fingerprint density at radius 2 is 2.00 bits per heavy atom. The second-order valence-electron chi connectivity index (χ2n) is 6.41. The van der Waals surface area contributed by atoms with E-state index in [9.17, 15) is 4.39 Å². The molecule has 0 spiro atoms. The average molecular weight is 361 g/mol. The largest absolute Gasteiger partial charge is 0.382 e. The van der Waals surface area contributed by atoms with E-state index in [-0.39, 0.29) is 11.9 Å². The van der Waals surface area contributed by atoms with Crippen molar-refractivity contribution in [2.75, 3.05) is 11.9 Å². The molecule has 2 aromatic rings.